The maximum atomic E-state index is 13.2. The number of hydrogen-bond acceptors (Lipinski definition) is 4. The lowest BCUT2D eigenvalue weighted by molar-refractivity contribution is -0.117. The Morgan fingerprint density at radius 1 is 1.00 bits per heavy atom. The number of aryl methyl sites for hydroxylation is 2. The molecular weight excluding hydrogens is 430 g/mol. The second kappa shape index (κ2) is 10.8. The SMILES string of the molecule is CC(=O)CNC(=O)N(CC(=O)Nc1c(-c2ccccc2)c(C)nn1-c1ccc(C)cc1)C(C)C. The van der Waals surface area contributed by atoms with Gasteiger partial charge in [-0.2, -0.15) is 5.10 Å². The van der Waals surface area contributed by atoms with Gasteiger partial charge < -0.3 is 15.5 Å². The van der Waals surface area contributed by atoms with E-state index in [2.05, 4.69) is 10.6 Å². The van der Waals surface area contributed by atoms with Crippen LogP contribution in [0.5, 0.6) is 0 Å². The lowest BCUT2D eigenvalue weighted by Crippen LogP contribution is -2.48. The van der Waals surface area contributed by atoms with E-state index in [-0.39, 0.29) is 30.8 Å². The van der Waals surface area contributed by atoms with Crippen molar-refractivity contribution < 1.29 is 14.4 Å². The number of nitrogens with zero attached hydrogens (tertiary/aromatic N) is 3. The standard InChI is InChI=1S/C26H31N5O3/c1-17(2)30(26(34)27-15-19(4)32)16-23(33)28-25-24(21-9-7-6-8-10-21)20(5)29-31(25)22-13-11-18(3)12-14-22/h6-14,17H,15-16H2,1-5H3,(H,27,34)(H,28,33). The Hall–Kier alpha value is -3.94. The molecule has 0 spiro atoms. The van der Waals surface area contributed by atoms with Crippen molar-refractivity contribution in [1.82, 2.24) is 20.0 Å². The van der Waals surface area contributed by atoms with Gasteiger partial charge in [0.2, 0.25) is 5.91 Å². The van der Waals surface area contributed by atoms with Crippen molar-refractivity contribution in [3.8, 4) is 16.8 Å². The molecule has 3 rings (SSSR count). The highest BCUT2D eigenvalue weighted by atomic mass is 16.2. The molecule has 0 bridgehead atoms. The third kappa shape index (κ3) is 5.89. The molecule has 0 aliphatic heterocycles. The number of urea groups is 1. The molecule has 34 heavy (non-hydrogen) atoms. The fourth-order valence-electron chi connectivity index (χ4n) is 3.58. The molecule has 1 heterocycles. The Morgan fingerprint density at radius 3 is 2.24 bits per heavy atom. The zero-order valence-electron chi connectivity index (χ0n) is 20.3. The smallest absolute Gasteiger partial charge is 0.318 e. The van der Waals surface area contributed by atoms with Gasteiger partial charge in [-0.25, -0.2) is 9.48 Å². The van der Waals surface area contributed by atoms with Gasteiger partial charge in [0.25, 0.3) is 0 Å². The van der Waals surface area contributed by atoms with Crippen LogP contribution in [-0.2, 0) is 9.59 Å². The van der Waals surface area contributed by atoms with Gasteiger partial charge in [-0.3, -0.25) is 9.59 Å². The fraction of sp³-hybridized carbons (Fsp3) is 0.308. The number of nitrogens with one attached hydrogen (secondary N) is 2. The molecule has 0 fully saturated rings. The number of carbonyl (C=O) groups excluding carboxylic acids is 3. The van der Waals surface area contributed by atoms with Crippen LogP contribution in [0.25, 0.3) is 16.8 Å². The second-order valence-electron chi connectivity index (χ2n) is 8.55. The number of amides is 3. The molecule has 1 aromatic heterocycles. The Balaban J connectivity index is 1.95. The molecule has 3 aromatic rings. The monoisotopic (exact) mass is 461 g/mol. The van der Waals surface area contributed by atoms with Gasteiger partial charge >= 0.3 is 6.03 Å². The van der Waals surface area contributed by atoms with E-state index in [0.29, 0.717) is 5.82 Å². The van der Waals surface area contributed by atoms with Crippen LogP contribution in [-0.4, -0.2) is 51.5 Å². The summed E-state index contributed by atoms with van der Waals surface area (Å²) >= 11 is 0. The number of carbonyl (C=O) groups is 3. The topological polar surface area (TPSA) is 96.3 Å². The lowest BCUT2D eigenvalue weighted by Gasteiger charge is -2.26. The quantitative estimate of drug-likeness (QED) is 0.528. The van der Waals surface area contributed by atoms with Crippen LogP contribution < -0.4 is 10.6 Å². The predicted octanol–water partition coefficient (Wildman–Crippen LogP) is 4.10. The van der Waals surface area contributed by atoms with Crippen LogP contribution in [0.15, 0.2) is 54.6 Å². The maximum Gasteiger partial charge on any atom is 0.318 e. The number of aromatic nitrogens is 2. The maximum absolute atomic E-state index is 13.2. The van der Waals surface area contributed by atoms with Crippen LogP contribution in [0.3, 0.4) is 0 Å². The summed E-state index contributed by atoms with van der Waals surface area (Å²) in [5.41, 5.74) is 4.43. The Kier molecular flexibility index (Phi) is 7.83. The molecule has 178 valence electrons. The summed E-state index contributed by atoms with van der Waals surface area (Å²) in [7, 11) is 0. The van der Waals surface area contributed by atoms with Gasteiger partial charge in [-0.1, -0.05) is 48.0 Å². The minimum atomic E-state index is -0.466. The van der Waals surface area contributed by atoms with E-state index in [1.54, 1.807) is 4.68 Å². The molecule has 0 saturated carbocycles. The van der Waals surface area contributed by atoms with Crippen molar-refractivity contribution >= 4 is 23.5 Å². The number of Topliss-reactive ketones (excluding diaryl/α,β-unsaturated/α-hetero) is 1. The summed E-state index contributed by atoms with van der Waals surface area (Å²) in [5.74, 6) is 0.00834. The van der Waals surface area contributed by atoms with E-state index in [1.165, 1.54) is 11.8 Å². The molecule has 3 amide bonds. The molecule has 0 aliphatic carbocycles. The van der Waals surface area contributed by atoms with Gasteiger partial charge in [-0.05, 0) is 52.3 Å². The van der Waals surface area contributed by atoms with E-state index in [0.717, 1.165) is 28.1 Å². The summed E-state index contributed by atoms with van der Waals surface area (Å²) in [4.78, 5) is 38.4. The number of rotatable bonds is 8. The molecular formula is C26H31N5O3. The fourth-order valence-corrected chi connectivity index (χ4v) is 3.58. The summed E-state index contributed by atoms with van der Waals surface area (Å²) < 4.78 is 1.71. The first kappa shape index (κ1) is 24.7. The minimum Gasteiger partial charge on any atom is -0.331 e. The van der Waals surface area contributed by atoms with Crippen molar-refractivity contribution in [2.24, 2.45) is 0 Å². The zero-order valence-corrected chi connectivity index (χ0v) is 20.3. The van der Waals surface area contributed by atoms with Gasteiger partial charge in [0, 0.05) is 11.6 Å². The van der Waals surface area contributed by atoms with E-state index in [4.69, 9.17) is 5.10 Å². The third-order valence-corrected chi connectivity index (χ3v) is 5.35. The minimum absolute atomic E-state index is 0.0821. The predicted molar refractivity (Wildman–Crippen MR) is 133 cm³/mol. The van der Waals surface area contributed by atoms with Crippen molar-refractivity contribution in [2.45, 2.75) is 40.7 Å². The van der Waals surface area contributed by atoms with Crippen LogP contribution in [0.4, 0.5) is 10.6 Å². The third-order valence-electron chi connectivity index (χ3n) is 5.35. The molecule has 0 saturated heterocycles. The average molecular weight is 462 g/mol. The van der Waals surface area contributed by atoms with Crippen molar-refractivity contribution in [2.75, 3.05) is 18.4 Å². The molecule has 0 aliphatic rings. The number of benzene rings is 2. The number of hydrogen-bond donors (Lipinski definition) is 2. The first-order valence-electron chi connectivity index (χ1n) is 11.2. The van der Waals surface area contributed by atoms with Crippen molar-refractivity contribution in [1.29, 1.82) is 0 Å². The van der Waals surface area contributed by atoms with Crippen LogP contribution in [0.2, 0.25) is 0 Å². The normalized spacial score (nSPS) is 10.8. The van der Waals surface area contributed by atoms with Gasteiger partial charge in [0.05, 0.1) is 17.9 Å². The summed E-state index contributed by atoms with van der Waals surface area (Å²) in [6.45, 7) is 8.68. The van der Waals surface area contributed by atoms with Crippen LogP contribution in [0, 0.1) is 13.8 Å². The Bertz CT molecular complexity index is 1170. The second-order valence-corrected chi connectivity index (χ2v) is 8.55. The van der Waals surface area contributed by atoms with Crippen LogP contribution >= 0.6 is 0 Å². The molecule has 0 radical (unpaired) electrons. The van der Waals surface area contributed by atoms with E-state index in [9.17, 15) is 14.4 Å². The highest BCUT2D eigenvalue weighted by Crippen LogP contribution is 2.33. The molecule has 8 nitrogen and oxygen atoms in total. The molecule has 8 heteroatoms. The largest absolute Gasteiger partial charge is 0.331 e. The van der Waals surface area contributed by atoms with E-state index >= 15 is 0 Å². The van der Waals surface area contributed by atoms with Gasteiger partial charge in [0.1, 0.15) is 18.1 Å². The average Bonchev–Trinajstić information content (AvgIpc) is 3.12. The van der Waals surface area contributed by atoms with Crippen LogP contribution in [0.1, 0.15) is 32.0 Å². The van der Waals surface area contributed by atoms with E-state index < -0.39 is 6.03 Å². The highest BCUT2D eigenvalue weighted by molar-refractivity contribution is 5.98. The van der Waals surface area contributed by atoms with Crippen molar-refractivity contribution in [3.63, 3.8) is 0 Å². The van der Waals surface area contributed by atoms with Gasteiger partial charge in [0.15, 0.2) is 0 Å². The molecule has 0 atom stereocenters. The molecule has 2 aromatic carbocycles. The van der Waals surface area contributed by atoms with Gasteiger partial charge in [-0.15, -0.1) is 0 Å². The zero-order chi connectivity index (χ0) is 24.8. The molecule has 2 N–H and O–H groups in total. The summed E-state index contributed by atoms with van der Waals surface area (Å²) in [5, 5.41) is 10.3. The van der Waals surface area contributed by atoms with E-state index in [1.807, 2.05) is 82.3 Å². The highest BCUT2D eigenvalue weighted by Gasteiger charge is 2.24. The Morgan fingerprint density at radius 2 is 1.65 bits per heavy atom. The summed E-state index contributed by atoms with van der Waals surface area (Å²) in [6.07, 6.45) is 0. The number of anilines is 1. The first-order valence-corrected chi connectivity index (χ1v) is 11.2. The Labute approximate surface area is 200 Å². The summed E-state index contributed by atoms with van der Waals surface area (Å²) in [6, 6.07) is 16.9. The van der Waals surface area contributed by atoms with Crippen molar-refractivity contribution in [3.05, 3.63) is 65.9 Å². The molecule has 0 unspecified atom stereocenters. The first-order chi connectivity index (χ1) is 16.2. The number of ketones is 1. The lowest BCUT2D eigenvalue weighted by atomic mass is 10.1.